The van der Waals surface area contributed by atoms with Gasteiger partial charge in [0.15, 0.2) is 0 Å². The predicted molar refractivity (Wildman–Crippen MR) is 113 cm³/mol. The average Bonchev–Trinajstić information content (AvgIpc) is 3.09. The maximum Gasteiger partial charge on any atom is 0.0831 e. The fourth-order valence-electron chi connectivity index (χ4n) is 3.09. The first-order valence-corrected chi connectivity index (χ1v) is 9.59. The van der Waals surface area contributed by atoms with E-state index in [4.69, 9.17) is 16.7 Å². The molecule has 0 radical (unpaired) electrons. The fourth-order valence-corrected chi connectivity index (χ4v) is 3.58. The minimum atomic E-state index is 0.174. The molecule has 25 heavy (non-hydrogen) atoms. The van der Waals surface area contributed by atoms with Crippen LogP contribution in [0.4, 0.5) is 5.69 Å². The molecular formula is C21H16ClIN2. The Morgan fingerprint density at radius 2 is 1.56 bits per heavy atom. The largest absolute Gasteiger partial charge is 0.257 e. The van der Waals surface area contributed by atoms with Gasteiger partial charge in [-0.15, -0.1) is 0 Å². The van der Waals surface area contributed by atoms with Crippen molar-refractivity contribution in [1.29, 1.82) is 0 Å². The summed E-state index contributed by atoms with van der Waals surface area (Å²) in [6.45, 7) is 0. The van der Waals surface area contributed by atoms with Crippen molar-refractivity contribution in [3.8, 4) is 0 Å². The molecule has 0 saturated heterocycles. The van der Waals surface area contributed by atoms with Gasteiger partial charge in [-0.1, -0.05) is 54.1 Å². The van der Waals surface area contributed by atoms with Gasteiger partial charge in [0, 0.05) is 15.0 Å². The van der Waals surface area contributed by atoms with Gasteiger partial charge in [0.1, 0.15) is 0 Å². The summed E-state index contributed by atoms with van der Waals surface area (Å²) in [6, 6.07) is 27.1. The van der Waals surface area contributed by atoms with E-state index in [0.29, 0.717) is 0 Å². The maximum atomic E-state index is 6.07. The smallest absolute Gasteiger partial charge is 0.0831 e. The molecule has 1 atom stereocenters. The summed E-state index contributed by atoms with van der Waals surface area (Å²) >= 11 is 8.40. The molecule has 0 aliphatic carbocycles. The lowest BCUT2D eigenvalue weighted by molar-refractivity contribution is 0.709. The number of nitrogens with zero attached hydrogens (tertiary/aromatic N) is 2. The SMILES string of the molecule is Clc1ccc(C2CC(c3ccccc3)=NN2c2ccc(I)cc2)cc1. The highest BCUT2D eigenvalue weighted by Gasteiger charge is 2.29. The molecule has 124 valence electrons. The molecule has 1 aliphatic heterocycles. The van der Waals surface area contributed by atoms with Crippen LogP contribution in [-0.2, 0) is 0 Å². The molecule has 0 saturated carbocycles. The molecule has 4 rings (SSSR count). The summed E-state index contributed by atoms with van der Waals surface area (Å²) < 4.78 is 1.22. The highest BCUT2D eigenvalue weighted by molar-refractivity contribution is 14.1. The van der Waals surface area contributed by atoms with Gasteiger partial charge < -0.3 is 0 Å². The summed E-state index contributed by atoms with van der Waals surface area (Å²) in [5.74, 6) is 0. The van der Waals surface area contributed by atoms with E-state index >= 15 is 0 Å². The van der Waals surface area contributed by atoms with Gasteiger partial charge in [0.25, 0.3) is 0 Å². The molecule has 0 N–H and O–H groups in total. The number of anilines is 1. The minimum absolute atomic E-state index is 0.174. The molecule has 4 heteroatoms. The van der Waals surface area contributed by atoms with Crippen molar-refractivity contribution >= 4 is 45.6 Å². The second-order valence-electron chi connectivity index (χ2n) is 6.01. The number of halogens is 2. The van der Waals surface area contributed by atoms with Crippen LogP contribution < -0.4 is 5.01 Å². The van der Waals surface area contributed by atoms with E-state index in [1.54, 1.807) is 0 Å². The van der Waals surface area contributed by atoms with E-state index in [9.17, 15) is 0 Å². The van der Waals surface area contributed by atoms with Gasteiger partial charge in [-0.2, -0.15) is 5.10 Å². The van der Waals surface area contributed by atoms with Crippen LogP contribution in [0, 0.1) is 3.57 Å². The quantitative estimate of drug-likeness (QED) is 0.421. The molecule has 2 nitrogen and oxygen atoms in total. The lowest BCUT2D eigenvalue weighted by atomic mass is 9.98. The van der Waals surface area contributed by atoms with Crippen molar-refractivity contribution in [3.05, 3.63) is 98.6 Å². The van der Waals surface area contributed by atoms with Crippen LogP contribution >= 0.6 is 34.2 Å². The second-order valence-corrected chi connectivity index (χ2v) is 7.69. The fraction of sp³-hybridized carbons (Fsp3) is 0.0952. The van der Waals surface area contributed by atoms with Gasteiger partial charge in [-0.25, -0.2) is 0 Å². The number of rotatable bonds is 3. The van der Waals surface area contributed by atoms with Crippen LogP contribution in [-0.4, -0.2) is 5.71 Å². The molecule has 0 amide bonds. The Balaban J connectivity index is 1.74. The first-order chi connectivity index (χ1) is 12.2. The number of hydrazone groups is 1. The molecule has 0 bridgehead atoms. The Bertz CT molecular complexity index is 889. The Kier molecular flexibility index (Phi) is 4.77. The average molecular weight is 459 g/mol. The van der Waals surface area contributed by atoms with Crippen LogP contribution in [0.1, 0.15) is 23.6 Å². The topological polar surface area (TPSA) is 15.6 Å². The van der Waals surface area contributed by atoms with Crippen LogP contribution in [0.2, 0.25) is 5.02 Å². The van der Waals surface area contributed by atoms with Gasteiger partial charge in [0.2, 0.25) is 0 Å². The summed E-state index contributed by atoms with van der Waals surface area (Å²) in [5.41, 5.74) is 4.61. The summed E-state index contributed by atoms with van der Waals surface area (Å²) in [6.07, 6.45) is 0.873. The lowest BCUT2D eigenvalue weighted by Crippen LogP contribution is -2.18. The Labute approximate surface area is 166 Å². The molecule has 1 aliphatic rings. The van der Waals surface area contributed by atoms with Crippen LogP contribution in [0.15, 0.2) is 84.0 Å². The Morgan fingerprint density at radius 1 is 0.880 bits per heavy atom. The second kappa shape index (κ2) is 7.18. The standard InChI is InChI=1S/C21H16ClIN2/c22-17-8-6-16(7-9-17)21-14-20(15-4-2-1-3-5-15)24-25(21)19-12-10-18(23)11-13-19/h1-13,21H,14H2. The molecule has 3 aromatic carbocycles. The van der Waals surface area contributed by atoms with Crippen molar-refractivity contribution in [3.63, 3.8) is 0 Å². The van der Waals surface area contributed by atoms with E-state index in [0.717, 1.165) is 22.8 Å². The van der Waals surface area contributed by atoms with Crippen molar-refractivity contribution in [2.24, 2.45) is 5.10 Å². The lowest BCUT2D eigenvalue weighted by Gasteiger charge is -2.24. The highest BCUT2D eigenvalue weighted by Crippen LogP contribution is 2.37. The summed E-state index contributed by atoms with van der Waals surface area (Å²) in [5, 5.41) is 7.84. The summed E-state index contributed by atoms with van der Waals surface area (Å²) in [4.78, 5) is 0. The van der Waals surface area contributed by atoms with Gasteiger partial charge in [-0.3, -0.25) is 5.01 Å². The van der Waals surface area contributed by atoms with Gasteiger partial charge >= 0.3 is 0 Å². The van der Waals surface area contributed by atoms with Crippen molar-refractivity contribution < 1.29 is 0 Å². The normalized spacial score (nSPS) is 16.8. The molecule has 3 aromatic rings. The van der Waals surface area contributed by atoms with Crippen molar-refractivity contribution in [2.75, 3.05) is 5.01 Å². The first kappa shape index (κ1) is 16.6. The van der Waals surface area contributed by atoms with E-state index in [-0.39, 0.29) is 6.04 Å². The third kappa shape index (κ3) is 3.58. The number of benzene rings is 3. The first-order valence-electron chi connectivity index (χ1n) is 8.14. The highest BCUT2D eigenvalue weighted by atomic mass is 127. The molecule has 0 fully saturated rings. The van der Waals surface area contributed by atoms with Crippen molar-refractivity contribution in [2.45, 2.75) is 12.5 Å². The third-order valence-corrected chi connectivity index (χ3v) is 5.33. The Hall–Kier alpha value is -1.85. The van der Waals surface area contributed by atoms with E-state index in [1.807, 2.05) is 18.2 Å². The zero-order valence-corrected chi connectivity index (χ0v) is 16.4. The van der Waals surface area contributed by atoms with Crippen molar-refractivity contribution in [1.82, 2.24) is 0 Å². The Morgan fingerprint density at radius 3 is 2.24 bits per heavy atom. The zero-order valence-electron chi connectivity index (χ0n) is 13.4. The van der Waals surface area contributed by atoms with Gasteiger partial charge in [0.05, 0.1) is 17.4 Å². The molecular weight excluding hydrogens is 443 g/mol. The number of hydrogen-bond donors (Lipinski definition) is 0. The minimum Gasteiger partial charge on any atom is -0.257 e. The van der Waals surface area contributed by atoms with E-state index in [1.165, 1.54) is 14.7 Å². The van der Waals surface area contributed by atoms with Crippen LogP contribution in [0.25, 0.3) is 0 Å². The number of hydrogen-bond acceptors (Lipinski definition) is 2. The predicted octanol–water partition coefficient (Wildman–Crippen LogP) is 6.30. The monoisotopic (exact) mass is 458 g/mol. The van der Waals surface area contributed by atoms with Crippen LogP contribution in [0.5, 0.6) is 0 Å². The zero-order chi connectivity index (χ0) is 17.2. The summed E-state index contributed by atoms with van der Waals surface area (Å²) in [7, 11) is 0. The molecule has 0 spiro atoms. The third-order valence-electron chi connectivity index (χ3n) is 4.36. The molecule has 0 aromatic heterocycles. The van der Waals surface area contributed by atoms with Gasteiger partial charge in [-0.05, 0) is 70.1 Å². The van der Waals surface area contributed by atoms with E-state index < -0.39 is 0 Å². The molecule has 1 heterocycles. The van der Waals surface area contributed by atoms with Crippen LogP contribution in [0.3, 0.4) is 0 Å². The molecule has 1 unspecified atom stereocenters. The van der Waals surface area contributed by atoms with E-state index in [2.05, 4.69) is 88.3 Å². The maximum absolute atomic E-state index is 6.07.